The van der Waals surface area contributed by atoms with Crippen LogP contribution in [0.15, 0.2) is 0 Å². The van der Waals surface area contributed by atoms with Crippen LogP contribution in [-0.2, 0) is 0 Å². The molecule has 0 heterocycles. The fourth-order valence-corrected chi connectivity index (χ4v) is 1.01. The van der Waals surface area contributed by atoms with Crippen molar-refractivity contribution < 1.29 is 0 Å². The molecular formula is C8H14N2. The summed E-state index contributed by atoms with van der Waals surface area (Å²) in [5.74, 6) is 0. The normalized spacial score (nSPS) is 20.6. The SMILES string of the molecule is CN(C)CCC1(C#N)CC1. The Balaban J connectivity index is 2.21. The van der Waals surface area contributed by atoms with Crippen LogP contribution in [0.5, 0.6) is 0 Å². The molecule has 0 aromatic heterocycles. The molecule has 0 radical (unpaired) electrons. The molecule has 0 atom stereocenters. The average Bonchev–Trinajstić information content (AvgIpc) is 2.64. The van der Waals surface area contributed by atoms with Crippen LogP contribution < -0.4 is 0 Å². The van der Waals surface area contributed by atoms with Crippen molar-refractivity contribution in [1.82, 2.24) is 4.90 Å². The second-order valence-electron chi connectivity index (χ2n) is 3.45. The summed E-state index contributed by atoms with van der Waals surface area (Å²) in [7, 11) is 4.10. The highest BCUT2D eigenvalue weighted by Crippen LogP contribution is 2.47. The van der Waals surface area contributed by atoms with Crippen LogP contribution in [0.1, 0.15) is 19.3 Å². The molecule has 0 aromatic carbocycles. The summed E-state index contributed by atoms with van der Waals surface area (Å²) in [6.45, 7) is 1.05. The lowest BCUT2D eigenvalue weighted by Gasteiger charge is -2.10. The van der Waals surface area contributed by atoms with Crippen LogP contribution >= 0.6 is 0 Å². The molecule has 1 fully saturated rings. The Morgan fingerprint density at radius 1 is 1.50 bits per heavy atom. The van der Waals surface area contributed by atoms with Crippen LogP contribution in [0.2, 0.25) is 0 Å². The summed E-state index contributed by atoms with van der Waals surface area (Å²) in [5.41, 5.74) is 0.0876. The molecule has 1 aliphatic rings. The molecule has 1 saturated carbocycles. The summed E-state index contributed by atoms with van der Waals surface area (Å²) in [6.07, 6.45) is 3.30. The van der Waals surface area contributed by atoms with Crippen molar-refractivity contribution in [1.29, 1.82) is 5.26 Å². The van der Waals surface area contributed by atoms with Crippen molar-refractivity contribution in [2.75, 3.05) is 20.6 Å². The van der Waals surface area contributed by atoms with Crippen molar-refractivity contribution in [2.45, 2.75) is 19.3 Å². The molecule has 10 heavy (non-hydrogen) atoms. The minimum absolute atomic E-state index is 0.0876. The predicted octanol–water partition coefficient (Wildman–Crippen LogP) is 1.24. The van der Waals surface area contributed by atoms with Crippen LogP contribution in [0.3, 0.4) is 0 Å². The van der Waals surface area contributed by atoms with E-state index in [9.17, 15) is 0 Å². The van der Waals surface area contributed by atoms with Gasteiger partial charge in [0, 0.05) is 0 Å². The first-order valence-corrected chi connectivity index (χ1v) is 3.74. The number of nitrogens with zero attached hydrogens (tertiary/aromatic N) is 2. The Kier molecular flexibility index (Phi) is 1.96. The van der Waals surface area contributed by atoms with Gasteiger partial charge in [-0.1, -0.05) is 0 Å². The van der Waals surface area contributed by atoms with Gasteiger partial charge in [0.2, 0.25) is 0 Å². The zero-order valence-corrected chi connectivity index (χ0v) is 6.72. The molecule has 0 aromatic rings. The highest BCUT2D eigenvalue weighted by molar-refractivity contribution is 5.09. The zero-order chi connectivity index (χ0) is 7.61. The third-order valence-corrected chi connectivity index (χ3v) is 2.13. The van der Waals surface area contributed by atoms with Gasteiger partial charge >= 0.3 is 0 Å². The molecule has 56 valence electrons. The second kappa shape index (κ2) is 2.59. The Morgan fingerprint density at radius 2 is 2.10 bits per heavy atom. The number of rotatable bonds is 3. The van der Waals surface area contributed by atoms with E-state index in [2.05, 4.69) is 11.0 Å². The molecule has 1 rings (SSSR count). The van der Waals surface area contributed by atoms with E-state index in [0.29, 0.717) is 0 Å². The third kappa shape index (κ3) is 1.71. The second-order valence-corrected chi connectivity index (χ2v) is 3.45. The maximum absolute atomic E-state index is 8.70. The molecule has 0 spiro atoms. The van der Waals surface area contributed by atoms with Gasteiger partial charge in [-0.15, -0.1) is 0 Å². The summed E-state index contributed by atoms with van der Waals surface area (Å²) in [6, 6.07) is 2.38. The molecule has 0 bridgehead atoms. The maximum atomic E-state index is 8.70. The molecule has 0 unspecified atom stereocenters. The van der Waals surface area contributed by atoms with Gasteiger partial charge in [-0.3, -0.25) is 0 Å². The lowest BCUT2D eigenvalue weighted by atomic mass is 10.1. The largest absolute Gasteiger partial charge is 0.309 e. The van der Waals surface area contributed by atoms with E-state index >= 15 is 0 Å². The van der Waals surface area contributed by atoms with Gasteiger partial charge in [-0.2, -0.15) is 5.26 Å². The van der Waals surface area contributed by atoms with Gasteiger partial charge in [-0.25, -0.2) is 0 Å². The summed E-state index contributed by atoms with van der Waals surface area (Å²) in [5, 5.41) is 8.70. The lowest BCUT2D eigenvalue weighted by molar-refractivity contribution is 0.369. The minimum atomic E-state index is 0.0876. The highest BCUT2D eigenvalue weighted by Gasteiger charge is 2.42. The van der Waals surface area contributed by atoms with E-state index in [1.807, 2.05) is 14.1 Å². The Labute approximate surface area is 62.4 Å². The van der Waals surface area contributed by atoms with Crippen molar-refractivity contribution >= 4 is 0 Å². The number of hydrogen-bond acceptors (Lipinski definition) is 2. The van der Waals surface area contributed by atoms with Crippen LogP contribution in [0.4, 0.5) is 0 Å². The average molecular weight is 138 g/mol. The Bertz CT molecular complexity index is 151. The first-order chi connectivity index (χ1) is 4.68. The van der Waals surface area contributed by atoms with E-state index in [0.717, 1.165) is 25.8 Å². The smallest absolute Gasteiger partial charge is 0.0690 e. The topological polar surface area (TPSA) is 27.0 Å². The van der Waals surface area contributed by atoms with E-state index in [1.165, 1.54) is 0 Å². The zero-order valence-electron chi connectivity index (χ0n) is 6.72. The van der Waals surface area contributed by atoms with E-state index in [-0.39, 0.29) is 5.41 Å². The van der Waals surface area contributed by atoms with Gasteiger partial charge in [-0.05, 0) is 39.9 Å². The Hall–Kier alpha value is -0.550. The molecule has 0 amide bonds. The van der Waals surface area contributed by atoms with E-state index in [1.54, 1.807) is 0 Å². The summed E-state index contributed by atoms with van der Waals surface area (Å²) >= 11 is 0. The monoisotopic (exact) mass is 138 g/mol. The van der Waals surface area contributed by atoms with Gasteiger partial charge in [0.15, 0.2) is 0 Å². The van der Waals surface area contributed by atoms with Crippen LogP contribution in [0, 0.1) is 16.7 Å². The van der Waals surface area contributed by atoms with E-state index in [4.69, 9.17) is 5.26 Å². The molecule has 0 N–H and O–H groups in total. The molecular weight excluding hydrogens is 124 g/mol. The predicted molar refractivity (Wildman–Crippen MR) is 40.5 cm³/mol. The summed E-state index contributed by atoms with van der Waals surface area (Å²) in [4.78, 5) is 2.14. The standard InChI is InChI=1S/C8H14N2/c1-10(2)6-5-8(7-9)3-4-8/h3-6H2,1-2H3. The molecule has 1 aliphatic carbocycles. The molecule has 0 saturated heterocycles. The van der Waals surface area contributed by atoms with Crippen molar-refractivity contribution in [2.24, 2.45) is 5.41 Å². The molecule has 2 heteroatoms. The molecule has 0 aliphatic heterocycles. The van der Waals surface area contributed by atoms with E-state index < -0.39 is 0 Å². The third-order valence-electron chi connectivity index (χ3n) is 2.13. The van der Waals surface area contributed by atoms with Crippen molar-refractivity contribution in [3.8, 4) is 6.07 Å². The quantitative estimate of drug-likeness (QED) is 0.586. The minimum Gasteiger partial charge on any atom is -0.309 e. The van der Waals surface area contributed by atoms with Gasteiger partial charge in [0.25, 0.3) is 0 Å². The molecule has 2 nitrogen and oxygen atoms in total. The fraction of sp³-hybridized carbons (Fsp3) is 0.875. The van der Waals surface area contributed by atoms with Gasteiger partial charge in [0.05, 0.1) is 11.5 Å². The van der Waals surface area contributed by atoms with Crippen LogP contribution in [-0.4, -0.2) is 25.5 Å². The van der Waals surface area contributed by atoms with Crippen molar-refractivity contribution in [3.05, 3.63) is 0 Å². The maximum Gasteiger partial charge on any atom is 0.0690 e. The lowest BCUT2D eigenvalue weighted by Crippen LogP contribution is -2.16. The van der Waals surface area contributed by atoms with Gasteiger partial charge in [0.1, 0.15) is 0 Å². The van der Waals surface area contributed by atoms with Crippen molar-refractivity contribution in [3.63, 3.8) is 0 Å². The first kappa shape index (κ1) is 7.56. The summed E-state index contributed by atoms with van der Waals surface area (Å²) < 4.78 is 0. The highest BCUT2D eigenvalue weighted by atomic mass is 15.0. The number of nitriles is 1. The first-order valence-electron chi connectivity index (χ1n) is 3.74. The fourth-order valence-electron chi connectivity index (χ4n) is 1.01. The Morgan fingerprint density at radius 3 is 2.40 bits per heavy atom. The van der Waals surface area contributed by atoms with Crippen LogP contribution in [0.25, 0.3) is 0 Å². The van der Waals surface area contributed by atoms with Gasteiger partial charge < -0.3 is 4.90 Å². The number of hydrogen-bond donors (Lipinski definition) is 0.